The smallest absolute Gasteiger partial charge is 0.239 e. The van der Waals surface area contributed by atoms with Gasteiger partial charge in [-0.3, -0.25) is 14.7 Å². The number of carbonyl (C=O) groups is 1. The molecule has 3 aliphatic heterocycles. The van der Waals surface area contributed by atoms with Gasteiger partial charge in [-0.2, -0.15) is 0 Å². The predicted octanol–water partition coefficient (Wildman–Crippen LogP) is 0.845. The van der Waals surface area contributed by atoms with E-state index in [2.05, 4.69) is 27.0 Å². The number of rotatable bonds is 4. The minimum absolute atomic E-state index is 0. The average Bonchev–Trinajstić information content (AvgIpc) is 3.35. The van der Waals surface area contributed by atoms with Crippen molar-refractivity contribution in [2.24, 2.45) is 10.9 Å². The molecule has 0 aromatic heterocycles. The monoisotopic (exact) mass is 479 g/mol. The molecular weight excluding hydrogens is 445 g/mol. The van der Waals surface area contributed by atoms with Crippen LogP contribution < -0.4 is 5.32 Å². The molecule has 0 aromatic carbocycles. The summed E-state index contributed by atoms with van der Waals surface area (Å²) in [5.41, 5.74) is 0. The molecule has 3 heterocycles. The first-order chi connectivity index (χ1) is 12.2. The Balaban J connectivity index is 0.00000243. The highest BCUT2D eigenvalue weighted by Gasteiger charge is 2.30. The summed E-state index contributed by atoms with van der Waals surface area (Å²) in [5.74, 6) is 1.87. The topological polar surface area (TPSA) is 60.4 Å². The number of guanidine groups is 1. The maximum absolute atomic E-state index is 12.6. The van der Waals surface area contributed by atoms with Crippen LogP contribution in [0.15, 0.2) is 4.99 Å². The number of amides is 1. The molecular formula is C18H34IN5O2. The highest BCUT2D eigenvalue weighted by Crippen LogP contribution is 2.14. The van der Waals surface area contributed by atoms with Gasteiger partial charge in [-0.15, -0.1) is 24.0 Å². The van der Waals surface area contributed by atoms with Crippen LogP contribution >= 0.6 is 24.0 Å². The summed E-state index contributed by atoms with van der Waals surface area (Å²) >= 11 is 0. The van der Waals surface area contributed by atoms with Crippen molar-refractivity contribution in [1.29, 1.82) is 0 Å². The molecule has 1 N–H and O–H groups in total. The second kappa shape index (κ2) is 10.7. The summed E-state index contributed by atoms with van der Waals surface area (Å²) < 4.78 is 5.44. The van der Waals surface area contributed by atoms with Crippen molar-refractivity contribution < 1.29 is 9.53 Å². The van der Waals surface area contributed by atoms with Crippen LogP contribution in [-0.2, 0) is 9.53 Å². The third kappa shape index (κ3) is 5.45. The maximum atomic E-state index is 12.6. The van der Waals surface area contributed by atoms with Crippen molar-refractivity contribution in [3.8, 4) is 0 Å². The Hall–Kier alpha value is -0.610. The number of nitrogens with zero attached hydrogens (tertiary/aromatic N) is 4. The van der Waals surface area contributed by atoms with E-state index in [4.69, 9.17) is 4.74 Å². The molecule has 0 spiro atoms. The van der Waals surface area contributed by atoms with Crippen LogP contribution in [0, 0.1) is 5.92 Å². The average molecular weight is 479 g/mol. The van der Waals surface area contributed by atoms with Gasteiger partial charge in [0.05, 0.1) is 12.6 Å². The van der Waals surface area contributed by atoms with Crippen LogP contribution in [0.3, 0.4) is 0 Å². The molecule has 0 saturated carbocycles. The zero-order valence-electron chi connectivity index (χ0n) is 16.2. The largest absolute Gasteiger partial charge is 0.381 e. The Morgan fingerprint density at radius 1 is 1.15 bits per heavy atom. The van der Waals surface area contributed by atoms with Crippen molar-refractivity contribution >= 4 is 35.8 Å². The molecule has 3 saturated heterocycles. The predicted molar refractivity (Wildman–Crippen MR) is 114 cm³/mol. The van der Waals surface area contributed by atoms with Crippen LogP contribution in [-0.4, -0.2) is 98.7 Å². The van der Waals surface area contributed by atoms with E-state index in [9.17, 15) is 4.79 Å². The van der Waals surface area contributed by atoms with Gasteiger partial charge in [0.15, 0.2) is 5.96 Å². The van der Waals surface area contributed by atoms with Crippen molar-refractivity contribution in [1.82, 2.24) is 20.0 Å². The summed E-state index contributed by atoms with van der Waals surface area (Å²) in [6, 6.07) is -0.00846. The zero-order chi connectivity index (χ0) is 17.6. The fraction of sp³-hybridized carbons (Fsp3) is 0.889. The van der Waals surface area contributed by atoms with Crippen molar-refractivity contribution in [2.75, 3.05) is 66.1 Å². The van der Waals surface area contributed by atoms with Gasteiger partial charge in [0, 0.05) is 65.4 Å². The third-order valence-electron chi connectivity index (χ3n) is 5.72. The number of carbonyl (C=O) groups excluding carboxylic acids is 1. The first-order valence-electron chi connectivity index (χ1n) is 9.75. The lowest BCUT2D eigenvalue weighted by molar-refractivity contribution is -0.135. The molecule has 0 bridgehead atoms. The standard InChI is InChI=1S/C18H33N5O2.HI/c1-15(17(24)22-6-3-4-7-22)21-8-10-23(11-9-21)18(19-2)20-13-16-5-12-25-14-16;/h15-16H,3-14H2,1-2H3,(H,19,20);1H. The van der Waals surface area contributed by atoms with Crippen molar-refractivity contribution in [3.63, 3.8) is 0 Å². The second-order valence-electron chi connectivity index (χ2n) is 7.39. The number of halogens is 1. The minimum atomic E-state index is -0.00846. The Morgan fingerprint density at radius 2 is 1.85 bits per heavy atom. The molecule has 3 fully saturated rings. The second-order valence-corrected chi connectivity index (χ2v) is 7.39. The molecule has 0 aliphatic carbocycles. The van der Waals surface area contributed by atoms with E-state index in [-0.39, 0.29) is 30.0 Å². The van der Waals surface area contributed by atoms with Crippen LogP contribution in [0.1, 0.15) is 26.2 Å². The van der Waals surface area contributed by atoms with Gasteiger partial charge in [0.1, 0.15) is 0 Å². The fourth-order valence-electron chi connectivity index (χ4n) is 3.99. The third-order valence-corrected chi connectivity index (χ3v) is 5.72. The normalized spacial score (nSPS) is 25.9. The number of aliphatic imine (C=N–C) groups is 1. The van der Waals surface area contributed by atoms with Gasteiger partial charge >= 0.3 is 0 Å². The van der Waals surface area contributed by atoms with E-state index in [1.165, 1.54) is 0 Å². The Morgan fingerprint density at radius 3 is 2.42 bits per heavy atom. The lowest BCUT2D eigenvalue weighted by atomic mass is 10.1. The van der Waals surface area contributed by atoms with E-state index in [1.807, 2.05) is 11.9 Å². The van der Waals surface area contributed by atoms with Crippen molar-refractivity contribution in [2.45, 2.75) is 32.2 Å². The van der Waals surface area contributed by atoms with Gasteiger partial charge < -0.3 is 19.9 Å². The number of hydrogen-bond acceptors (Lipinski definition) is 4. The lowest BCUT2D eigenvalue weighted by Gasteiger charge is -2.39. The summed E-state index contributed by atoms with van der Waals surface area (Å²) in [6.45, 7) is 10.2. The summed E-state index contributed by atoms with van der Waals surface area (Å²) in [4.78, 5) is 23.7. The van der Waals surface area contributed by atoms with E-state index >= 15 is 0 Å². The van der Waals surface area contributed by atoms with Crippen LogP contribution in [0.2, 0.25) is 0 Å². The molecule has 1 amide bonds. The molecule has 0 aromatic rings. The number of nitrogens with one attached hydrogen (secondary N) is 1. The van der Waals surface area contributed by atoms with Crippen LogP contribution in [0.4, 0.5) is 0 Å². The molecule has 7 nitrogen and oxygen atoms in total. The van der Waals surface area contributed by atoms with Gasteiger partial charge in [-0.25, -0.2) is 0 Å². The quantitative estimate of drug-likeness (QED) is 0.368. The van der Waals surface area contributed by atoms with E-state index < -0.39 is 0 Å². The van der Waals surface area contributed by atoms with Gasteiger partial charge in [-0.1, -0.05) is 0 Å². The Bertz CT molecular complexity index is 470. The van der Waals surface area contributed by atoms with Crippen molar-refractivity contribution in [3.05, 3.63) is 0 Å². The molecule has 2 unspecified atom stereocenters. The summed E-state index contributed by atoms with van der Waals surface area (Å²) in [7, 11) is 1.85. The van der Waals surface area contributed by atoms with E-state index in [0.29, 0.717) is 11.8 Å². The van der Waals surface area contributed by atoms with Crippen LogP contribution in [0.25, 0.3) is 0 Å². The highest BCUT2D eigenvalue weighted by molar-refractivity contribution is 14.0. The number of ether oxygens (including phenoxy) is 1. The lowest BCUT2D eigenvalue weighted by Crippen LogP contribution is -2.57. The minimum Gasteiger partial charge on any atom is -0.381 e. The SMILES string of the molecule is CN=C(NCC1CCOC1)N1CCN(C(C)C(=O)N2CCCC2)CC1.I. The molecule has 26 heavy (non-hydrogen) atoms. The maximum Gasteiger partial charge on any atom is 0.239 e. The summed E-state index contributed by atoms with van der Waals surface area (Å²) in [6.07, 6.45) is 3.44. The number of piperazine rings is 1. The van der Waals surface area contributed by atoms with Crippen LogP contribution in [0.5, 0.6) is 0 Å². The molecule has 3 aliphatic rings. The molecule has 0 radical (unpaired) electrons. The van der Waals surface area contributed by atoms with E-state index in [1.54, 1.807) is 0 Å². The Labute approximate surface area is 174 Å². The first-order valence-corrected chi connectivity index (χ1v) is 9.75. The Kier molecular flexibility index (Phi) is 8.89. The molecule has 8 heteroatoms. The summed E-state index contributed by atoms with van der Waals surface area (Å²) in [5, 5.41) is 3.49. The van der Waals surface area contributed by atoms with E-state index in [0.717, 1.165) is 84.2 Å². The number of likely N-dealkylation sites (tertiary alicyclic amines) is 1. The zero-order valence-corrected chi connectivity index (χ0v) is 18.5. The number of hydrogen-bond donors (Lipinski definition) is 1. The molecule has 3 rings (SSSR count). The van der Waals surface area contributed by atoms with Gasteiger partial charge in [-0.05, 0) is 26.2 Å². The first kappa shape index (κ1) is 21.7. The highest BCUT2D eigenvalue weighted by atomic mass is 127. The van der Waals surface area contributed by atoms with Gasteiger partial charge in [0.25, 0.3) is 0 Å². The molecule has 2 atom stereocenters. The molecule has 150 valence electrons. The fourth-order valence-corrected chi connectivity index (χ4v) is 3.99. The van der Waals surface area contributed by atoms with Gasteiger partial charge in [0.2, 0.25) is 5.91 Å².